The molecule has 214 valence electrons. The Morgan fingerprint density at radius 3 is 2.35 bits per heavy atom. The average Bonchev–Trinajstić information content (AvgIpc) is 3.36. The highest BCUT2D eigenvalue weighted by Gasteiger charge is 2.53. The second kappa shape index (κ2) is 10.7. The molecule has 2 aliphatic rings. The maximum Gasteiger partial charge on any atom is 0.340 e. The number of rotatable bonds is 7. The minimum absolute atomic E-state index is 0.332. The molecule has 0 aliphatic carbocycles. The van der Waals surface area contributed by atoms with Crippen molar-refractivity contribution in [3.05, 3.63) is 148 Å². The minimum atomic E-state index is -1.12. The SMILES string of the molecule is CCc1ccc(N(C)c2ccc3c(c2)Oc2ccc(NCc4ccccc4)cc2C32OC(=O)c3ccccc32)c(CC)c1. The topological polar surface area (TPSA) is 50.8 Å². The van der Waals surface area contributed by atoms with Crippen molar-refractivity contribution in [2.75, 3.05) is 17.3 Å². The zero-order valence-electron chi connectivity index (χ0n) is 24.7. The van der Waals surface area contributed by atoms with Gasteiger partial charge in [-0.25, -0.2) is 4.79 Å². The van der Waals surface area contributed by atoms with E-state index >= 15 is 0 Å². The summed E-state index contributed by atoms with van der Waals surface area (Å²) in [5.41, 5.74) is 8.81. The van der Waals surface area contributed by atoms with Gasteiger partial charge in [0.25, 0.3) is 0 Å². The van der Waals surface area contributed by atoms with Crippen molar-refractivity contribution < 1.29 is 14.3 Å². The molecule has 5 nitrogen and oxygen atoms in total. The fraction of sp³-hybridized carbons (Fsp3) is 0.184. The fourth-order valence-corrected chi connectivity index (χ4v) is 6.39. The lowest BCUT2D eigenvalue weighted by Crippen LogP contribution is -2.33. The highest BCUT2D eigenvalue weighted by Crippen LogP contribution is 2.57. The molecule has 1 unspecified atom stereocenters. The number of carbonyl (C=O) groups is 1. The number of carbonyl (C=O) groups excluding carboxylic acids is 1. The van der Waals surface area contributed by atoms with Gasteiger partial charge in [-0.1, -0.05) is 74.5 Å². The summed E-state index contributed by atoms with van der Waals surface area (Å²) in [6.45, 7) is 5.05. The number of esters is 1. The third kappa shape index (κ3) is 4.43. The predicted octanol–water partition coefficient (Wildman–Crippen LogP) is 8.76. The van der Waals surface area contributed by atoms with Crippen LogP contribution in [0.25, 0.3) is 0 Å². The molecule has 7 rings (SSSR count). The molecule has 5 aromatic carbocycles. The predicted molar refractivity (Wildman–Crippen MR) is 172 cm³/mol. The Kier molecular flexibility index (Phi) is 6.66. The summed E-state index contributed by atoms with van der Waals surface area (Å²) < 4.78 is 13.0. The fourth-order valence-electron chi connectivity index (χ4n) is 6.39. The molecule has 43 heavy (non-hydrogen) atoms. The smallest absolute Gasteiger partial charge is 0.340 e. The van der Waals surface area contributed by atoms with Crippen molar-refractivity contribution in [3.8, 4) is 11.5 Å². The van der Waals surface area contributed by atoms with Crippen LogP contribution in [0.15, 0.2) is 109 Å². The lowest BCUT2D eigenvalue weighted by atomic mass is 9.77. The Bertz CT molecular complexity index is 1850. The molecule has 2 heterocycles. The number of benzene rings is 5. The normalized spacial score (nSPS) is 16.1. The molecule has 1 atom stereocenters. The summed E-state index contributed by atoms with van der Waals surface area (Å²) in [5.74, 6) is 1.01. The Morgan fingerprint density at radius 1 is 0.721 bits per heavy atom. The van der Waals surface area contributed by atoms with E-state index in [0.717, 1.165) is 46.6 Å². The molecule has 0 amide bonds. The average molecular weight is 567 g/mol. The van der Waals surface area contributed by atoms with Crippen LogP contribution in [-0.4, -0.2) is 13.0 Å². The van der Waals surface area contributed by atoms with Gasteiger partial charge in [0, 0.05) is 53.4 Å². The van der Waals surface area contributed by atoms with Gasteiger partial charge in [0.2, 0.25) is 0 Å². The van der Waals surface area contributed by atoms with Crippen molar-refractivity contribution in [1.82, 2.24) is 0 Å². The van der Waals surface area contributed by atoms with Gasteiger partial charge >= 0.3 is 5.97 Å². The third-order valence-corrected chi connectivity index (χ3v) is 8.72. The van der Waals surface area contributed by atoms with E-state index in [4.69, 9.17) is 9.47 Å². The Morgan fingerprint density at radius 2 is 1.53 bits per heavy atom. The third-order valence-electron chi connectivity index (χ3n) is 8.72. The van der Waals surface area contributed by atoms with Crippen LogP contribution in [0.3, 0.4) is 0 Å². The molecule has 2 aliphatic heterocycles. The van der Waals surface area contributed by atoms with E-state index in [1.54, 1.807) is 0 Å². The van der Waals surface area contributed by atoms with E-state index in [1.807, 2.05) is 54.6 Å². The van der Waals surface area contributed by atoms with Crippen molar-refractivity contribution in [2.24, 2.45) is 0 Å². The molecule has 1 N–H and O–H groups in total. The van der Waals surface area contributed by atoms with Gasteiger partial charge < -0.3 is 19.7 Å². The van der Waals surface area contributed by atoms with Gasteiger partial charge in [-0.2, -0.15) is 0 Å². The highest BCUT2D eigenvalue weighted by molar-refractivity contribution is 5.97. The lowest BCUT2D eigenvalue weighted by molar-refractivity contribution is 0.0224. The van der Waals surface area contributed by atoms with E-state index in [-0.39, 0.29) is 5.97 Å². The minimum Gasteiger partial charge on any atom is -0.456 e. The van der Waals surface area contributed by atoms with Crippen molar-refractivity contribution in [2.45, 2.75) is 38.8 Å². The van der Waals surface area contributed by atoms with Crippen molar-refractivity contribution in [1.29, 1.82) is 0 Å². The summed E-state index contributed by atoms with van der Waals surface area (Å²) in [5, 5.41) is 3.53. The molecular weight excluding hydrogens is 532 g/mol. The number of aryl methyl sites for hydroxylation is 2. The molecule has 0 radical (unpaired) electrons. The molecular formula is C38H34N2O3. The molecule has 0 bridgehead atoms. The van der Waals surface area contributed by atoms with Gasteiger partial charge in [0.15, 0.2) is 5.60 Å². The zero-order chi connectivity index (χ0) is 29.6. The first-order chi connectivity index (χ1) is 21.0. The standard InChI is InChI=1S/C38H34N2O3/c1-4-25-15-19-34(27(5-2)21-25)40(3)29-17-18-32-36(23-29)42-35-20-16-28(39-24-26-11-7-6-8-12-26)22-33(35)38(32)31-14-10-9-13-30(31)37(41)43-38/h6-23,39H,4-5,24H2,1-3H3. The van der Waals surface area contributed by atoms with Crippen LogP contribution in [0.2, 0.25) is 0 Å². The second-order valence-corrected chi connectivity index (χ2v) is 11.2. The maximum absolute atomic E-state index is 13.4. The second-order valence-electron chi connectivity index (χ2n) is 11.2. The molecule has 0 aromatic heterocycles. The lowest BCUT2D eigenvalue weighted by Gasteiger charge is -2.37. The van der Waals surface area contributed by atoms with Gasteiger partial charge in [-0.3, -0.25) is 0 Å². The van der Waals surface area contributed by atoms with Gasteiger partial charge in [0.05, 0.1) is 5.56 Å². The van der Waals surface area contributed by atoms with Crippen LogP contribution in [-0.2, 0) is 29.7 Å². The first-order valence-electron chi connectivity index (χ1n) is 14.9. The molecule has 1 spiro atoms. The summed E-state index contributed by atoms with van der Waals surface area (Å²) in [6.07, 6.45) is 1.95. The molecule has 5 aromatic rings. The first kappa shape index (κ1) is 26.8. The molecule has 5 heteroatoms. The summed E-state index contributed by atoms with van der Waals surface area (Å²) in [7, 11) is 2.09. The zero-order valence-corrected chi connectivity index (χ0v) is 24.7. The van der Waals surface area contributed by atoms with Crippen LogP contribution in [0.4, 0.5) is 17.1 Å². The number of ether oxygens (including phenoxy) is 2. The number of nitrogens with one attached hydrogen (secondary N) is 1. The van der Waals surface area contributed by atoms with Crippen LogP contribution in [0.1, 0.15) is 57.6 Å². The Labute approximate surface area is 252 Å². The van der Waals surface area contributed by atoms with E-state index < -0.39 is 5.60 Å². The van der Waals surface area contributed by atoms with Crippen LogP contribution >= 0.6 is 0 Å². The molecule has 0 saturated carbocycles. The number of anilines is 3. The number of hydrogen-bond donors (Lipinski definition) is 1. The largest absolute Gasteiger partial charge is 0.456 e. The van der Waals surface area contributed by atoms with E-state index in [0.29, 0.717) is 23.6 Å². The first-order valence-corrected chi connectivity index (χ1v) is 14.9. The summed E-state index contributed by atoms with van der Waals surface area (Å²) in [4.78, 5) is 15.6. The van der Waals surface area contributed by atoms with Gasteiger partial charge in [-0.15, -0.1) is 0 Å². The maximum atomic E-state index is 13.4. The van der Waals surface area contributed by atoms with Crippen LogP contribution < -0.4 is 15.0 Å². The highest BCUT2D eigenvalue weighted by atomic mass is 16.6. The van der Waals surface area contributed by atoms with Crippen molar-refractivity contribution >= 4 is 23.0 Å². The number of nitrogens with zero attached hydrogens (tertiary/aromatic N) is 1. The summed E-state index contributed by atoms with van der Waals surface area (Å²) in [6, 6.07) is 36.9. The Balaban J connectivity index is 1.33. The number of fused-ring (bicyclic) bond motifs is 6. The monoisotopic (exact) mass is 566 g/mol. The molecule has 0 saturated heterocycles. The number of hydrogen-bond acceptors (Lipinski definition) is 5. The van der Waals surface area contributed by atoms with E-state index in [2.05, 4.69) is 85.7 Å². The van der Waals surface area contributed by atoms with Crippen LogP contribution in [0, 0.1) is 0 Å². The van der Waals surface area contributed by atoms with Gasteiger partial charge in [0.1, 0.15) is 11.5 Å². The van der Waals surface area contributed by atoms with E-state index in [1.165, 1.54) is 16.7 Å². The quantitative estimate of drug-likeness (QED) is 0.200. The van der Waals surface area contributed by atoms with E-state index in [9.17, 15) is 4.79 Å². The van der Waals surface area contributed by atoms with Crippen LogP contribution in [0.5, 0.6) is 11.5 Å². The Hall–Kier alpha value is -5.03. The summed E-state index contributed by atoms with van der Waals surface area (Å²) >= 11 is 0. The van der Waals surface area contributed by atoms with Gasteiger partial charge in [-0.05, 0) is 72.0 Å². The van der Waals surface area contributed by atoms with Crippen molar-refractivity contribution in [3.63, 3.8) is 0 Å². The molecule has 0 fully saturated rings.